The molecule has 144 valence electrons. The Kier molecular flexibility index (Phi) is 8.35. The zero-order chi connectivity index (χ0) is 19.8. The predicted molar refractivity (Wildman–Crippen MR) is 122 cm³/mol. The van der Waals surface area contributed by atoms with Gasteiger partial charge in [-0.25, -0.2) is 5.43 Å². The summed E-state index contributed by atoms with van der Waals surface area (Å²) < 4.78 is 2.62. The molecule has 28 heavy (non-hydrogen) atoms. The Balaban J connectivity index is 1.40. The van der Waals surface area contributed by atoms with Gasteiger partial charge in [-0.3, -0.25) is 4.79 Å². The molecule has 1 N–H and O–H groups in total. The predicted octanol–water partition coefficient (Wildman–Crippen LogP) is 5.49. The number of hydrogen-bond donors (Lipinski definition) is 1. The number of hydrazone groups is 1. The van der Waals surface area contributed by atoms with Crippen LogP contribution in [-0.4, -0.2) is 28.1 Å². The Hall–Kier alpha value is -1.39. The van der Waals surface area contributed by atoms with E-state index in [1.165, 1.54) is 28.7 Å². The first kappa shape index (κ1) is 21.3. The van der Waals surface area contributed by atoms with Crippen LogP contribution in [0.5, 0.6) is 0 Å². The van der Waals surface area contributed by atoms with Crippen molar-refractivity contribution in [1.82, 2.24) is 15.6 Å². The molecule has 0 aliphatic heterocycles. The molecule has 5 nitrogen and oxygen atoms in total. The van der Waals surface area contributed by atoms with Crippen molar-refractivity contribution in [3.8, 4) is 0 Å². The molecule has 0 radical (unpaired) electrons. The fourth-order valence-electron chi connectivity index (χ4n) is 1.93. The van der Waals surface area contributed by atoms with E-state index >= 15 is 0 Å². The van der Waals surface area contributed by atoms with E-state index in [2.05, 4.69) is 36.7 Å². The molecule has 1 amide bonds. The number of carbonyl (C=O) groups is 1. The smallest absolute Gasteiger partial charge is 0.250 e. The number of nitrogens with zero attached hydrogens (tertiary/aromatic N) is 3. The highest BCUT2D eigenvalue weighted by atomic mass is 79.9. The summed E-state index contributed by atoms with van der Waals surface area (Å²) in [5.41, 5.74) is 4.59. The van der Waals surface area contributed by atoms with Gasteiger partial charge in [-0.2, -0.15) is 5.10 Å². The van der Waals surface area contributed by atoms with E-state index in [4.69, 9.17) is 11.6 Å². The molecular weight excluding hydrogens is 500 g/mol. The Morgan fingerprint density at radius 1 is 1.11 bits per heavy atom. The number of carbonyl (C=O) groups excluding carboxylic acids is 1. The first-order valence-corrected chi connectivity index (χ1v) is 12.0. The first-order valence-electron chi connectivity index (χ1n) is 7.99. The summed E-state index contributed by atoms with van der Waals surface area (Å²) in [6.07, 6.45) is 1.60. The van der Waals surface area contributed by atoms with Crippen molar-refractivity contribution in [2.45, 2.75) is 14.4 Å². The van der Waals surface area contributed by atoms with Crippen molar-refractivity contribution in [3.63, 3.8) is 0 Å². The number of amides is 1. The molecule has 10 heteroatoms. The molecule has 0 spiro atoms. The second kappa shape index (κ2) is 11.0. The minimum Gasteiger partial charge on any atom is -0.272 e. The first-order chi connectivity index (χ1) is 13.6. The SMILES string of the molecule is O=C(CSc1nnc(SCc2ccc(Cl)cc2)s1)NN=Cc1ccc(Br)cc1. The number of aromatic nitrogens is 2. The zero-order valence-electron chi connectivity index (χ0n) is 14.3. The highest BCUT2D eigenvalue weighted by molar-refractivity contribution is 9.10. The number of thioether (sulfide) groups is 2. The minimum atomic E-state index is -0.191. The lowest BCUT2D eigenvalue weighted by Gasteiger charge is -1.98. The van der Waals surface area contributed by atoms with E-state index in [1.54, 1.807) is 18.0 Å². The fraction of sp³-hybridized carbons (Fsp3) is 0.111. The minimum absolute atomic E-state index is 0.191. The van der Waals surface area contributed by atoms with Gasteiger partial charge in [0.1, 0.15) is 0 Å². The number of rotatable bonds is 8. The second-order valence-corrected chi connectivity index (χ2v) is 10.2. The second-order valence-electron chi connectivity index (χ2n) is 5.38. The molecular formula is C18H14BrClN4OS3. The van der Waals surface area contributed by atoms with Crippen LogP contribution in [0.2, 0.25) is 5.02 Å². The Bertz CT molecular complexity index is 948. The van der Waals surface area contributed by atoms with E-state index in [0.717, 1.165) is 29.5 Å². The monoisotopic (exact) mass is 512 g/mol. The molecule has 0 atom stereocenters. The lowest BCUT2D eigenvalue weighted by atomic mass is 10.2. The molecule has 0 aliphatic carbocycles. The topological polar surface area (TPSA) is 67.2 Å². The largest absolute Gasteiger partial charge is 0.272 e. The van der Waals surface area contributed by atoms with Gasteiger partial charge in [-0.05, 0) is 35.4 Å². The summed E-state index contributed by atoms with van der Waals surface area (Å²) in [6, 6.07) is 15.4. The van der Waals surface area contributed by atoms with Gasteiger partial charge in [-0.15, -0.1) is 10.2 Å². The summed E-state index contributed by atoms with van der Waals surface area (Å²) in [4.78, 5) is 11.9. The molecule has 0 unspecified atom stereocenters. The van der Waals surface area contributed by atoms with Crippen LogP contribution < -0.4 is 5.43 Å². The summed E-state index contributed by atoms with van der Waals surface area (Å²) >= 11 is 13.7. The van der Waals surface area contributed by atoms with Gasteiger partial charge in [0, 0.05) is 15.2 Å². The molecule has 0 saturated heterocycles. The van der Waals surface area contributed by atoms with Crippen molar-refractivity contribution in [2.75, 3.05) is 5.75 Å². The van der Waals surface area contributed by atoms with Gasteiger partial charge >= 0.3 is 0 Å². The molecule has 1 aromatic heterocycles. The maximum absolute atomic E-state index is 11.9. The van der Waals surface area contributed by atoms with Crippen molar-refractivity contribution < 1.29 is 4.79 Å². The van der Waals surface area contributed by atoms with Gasteiger partial charge < -0.3 is 0 Å². The normalized spacial score (nSPS) is 11.1. The van der Waals surface area contributed by atoms with E-state index < -0.39 is 0 Å². The van der Waals surface area contributed by atoms with Gasteiger partial charge in [0.2, 0.25) is 0 Å². The summed E-state index contributed by atoms with van der Waals surface area (Å²) in [5, 5.41) is 13.0. The van der Waals surface area contributed by atoms with E-state index in [1.807, 2.05) is 48.5 Å². The van der Waals surface area contributed by atoms with Gasteiger partial charge in [0.25, 0.3) is 5.91 Å². The number of halogens is 2. The molecule has 1 heterocycles. The molecule has 2 aromatic carbocycles. The maximum atomic E-state index is 11.9. The maximum Gasteiger partial charge on any atom is 0.250 e. The third kappa shape index (κ3) is 7.21. The van der Waals surface area contributed by atoms with Crippen LogP contribution in [0.15, 0.2) is 66.8 Å². The summed E-state index contributed by atoms with van der Waals surface area (Å²) in [5.74, 6) is 0.833. The fourth-order valence-corrected chi connectivity index (χ4v) is 5.09. The molecule has 3 aromatic rings. The van der Waals surface area contributed by atoms with Crippen molar-refractivity contribution >= 4 is 74.5 Å². The average Bonchev–Trinajstić information content (AvgIpc) is 3.15. The van der Waals surface area contributed by atoms with Crippen LogP contribution >= 0.6 is 62.4 Å². The third-order valence-corrected chi connectivity index (χ3v) is 7.30. The van der Waals surface area contributed by atoms with Gasteiger partial charge in [-0.1, -0.05) is 86.7 Å². The highest BCUT2D eigenvalue weighted by Crippen LogP contribution is 2.30. The van der Waals surface area contributed by atoms with Crippen molar-refractivity contribution in [2.24, 2.45) is 5.10 Å². The molecule has 3 rings (SSSR count). The zero-order valence-corrected chi connectivity index (χ0v) is 19.1. The molecule has 0 saturated carbocycles. The number of nitrogens with one attached hydrogen (secondary N) is 1. The van der Waals surface area contributed by atoms with Crippen LogP contribution in [-0.2, 0) is 10.5 Å². The summed E-state index contributed by atoms with van der Waals surface area (Å²) in [6.45, 7) is 0. The Morgan fingerprint density at radius 3 is 2.50 bits per heavy atom. The van der Waals surface area contributed by atoms with E-state index in [-0.39, 0.29) is 11.7 Å². The van der Waals surface area contributed by atoms with E-state index in [9.17, 15) is 4.79 Å². The van der Waals surface area contributed by atoms with Crippen LogP contribution in [0.3, 0.4) is 0 Å². The summed E-state index contributed by atoms with van der Waals surface area (Å²) in [7, 11) is 0. The quantitative estimate of drug-likeness (QED) is 0.245. The molecule has 0 bridgehead atoms. The van der Waals surface area contributed by atoms with E-state index in [0.29, 0.717) is 0 Å². The van der Waals surface area contributed by atoms with Crippen LogP contribution in [0.1, 0.15) is 11.1 Å². The number of benzene rings is 2. The Morgan fingerprint density at radius 2 is 1.79 bits per heavy atom. The van der Waals surface area contributed by atoms with Gasteiger partial charge in [0.15, 0.2) is 8.68 Å². The average molecular weight is 514 g/mol. The molecule has 0 aliphatic rings. The van der Waals surface area contributed by atoms with Crippen molar-refractivity contribution in [1.29, 1.82) is 0 Å². The van der Waals surface area contributed by atoms with Crippen LogP contribution in [0.4, 0.5) is 0 Å². The lowest BCUT2D eigenvalue weighted by molar-refractivity contribution is -0.118. The van der Waals surface area contributed by atoms with Crippen molar-refractivity contribution in [3.05, 3.63) is 69.2 Å². The number of hydrogen-bond acceptors (Lipinski definition) is 7. The standard InChI is InChI=1S/C18H14BrClN4OS3/c19-14-5-1-12(2-6-14)9-21-22-16(25)11-27-18-24-23-17(28-18)26-10-13-3-7-15(20)8-4-13/h1-9H,10-11H2,(H,22,25). The van der Waals surface area contributed by atoms with Gasteiger partial charge in [0.05, 0.1) is 12.0 Å². The molecule has 0 fully saturated rings. The highest BCUT2D eigenvalue weighted by Gasteiger charge is 2.08. The van der Waals surface area contributed by atoms with Crippen LogP contribution in [0.25, 0.3) is 0 Å². The van der Waals surface area contributed by atoms with Crippen LogP contribution in [0, 0.1) is 0 Å². The lowest BCUT2D eigenvalue weighted by Crippen LogP contribution is -2.19. The Labute approximate surface area is 188 Å². The third-order valence-electron chi connectivity index (χ3n) is 3.26.